The fraction of sp³-hybridized carbons (Fsp3) is 0.588. The molecule has 1 aromatic carbocycles. The number of aryl methyl sites for hydroxylation is 1. The van der Waals surface area contributed by atoms with Crippen LogP contribution in [0.5, 0.6) is 0 Å². The number of carbonyl (C=O) groups excluding carboxylic acids is 1. The van der Waals surface area contributed by atoms with Crippen molar-refractivity contribution in [3.8, 4) is 0 Å². The first-order valence-corrected chi connectivity index (χ1v) is 7.77. The van der Waals surface area contributed by atoms with Crippen molar-refractivity contribution in [1.29, 1.82) is 0 Å². The third-order valence-corrected chi connectivity index (χ3v) is 4.20. The Morgan fingerprint density at radius 3 is 2.75 bits per heavy atom. The van der Waals surface area contributed by atoms with Crippen LogP contribution in [0.4, 0.5) is 5.69 Å². The lowest BCUT2D eigenvalue weighted by molar-refractivity contribution is 0.0910. The minimum Gasteiger partial charge on any atom is -0.384 e. The number of nitrogens with one attached hydrogen (secondary N) is 2. The highest BCUT2D eigenvalue weighted by Gasteiger charge is 2.25. The van der Waals surface area contributed by atoms with Crippen molar-refractivity contribution in [3.63, 3.8) is 0 Å². The van der Waals surface area contributed by atoms with E-state index in [1.54, 1.807) is 0 Å². The average Bonchev–Trinajstić information content (AvgIpc) is 2.35. The Labute approximate surface area is 122 Å². The van der Waals surface area contributed by atoms with Crippen molar-refractivity contribution < 1.29 is 4.79 Å². The summed E-state index contributed by atoms with van der Waals surface area (Å²) in [6.45, 7) is 7.16. The summed E-state index contributed by atoms with van der Waals surface area (Å²) in [5, 5.41) is 6.50. The van der Waals surface area contributed by atoms with E-state index in [9.17, 15) is 4.79 Å². The second-order valence-electron chi connectivity index (χ2n) is 5.93. The maximum atomic E-state index is 12.5. The van der Waals surface area contributed by atoms with Gasteiger partial charge in [-0.15, -0.1) is 0 Å². The molecule has 0 aromatic heterocycles. The van der Waals surface area contributed by atoms with Gasteiger partial charge in [0.1, 0.15) is 0 Å². The number of carbonyl (C=O) groups is 1. The van der Waals surface area contributed by atoms with Gasteiger partial charge < -0.3 is 10.6 Å². The van der Waals surface area contributed by atoms with Gasteiger partial charge >= 0.3 is 0 Å². The van der Waals surface area contributed by atoms with Crippen molar-refractivity contribution in [2.45, 2.75) is 52.5 Å². The van der Waals surface area contributed by atoms with Gasteiger partial charge in [-0.25, -0.2) is 0 Å². The first-order chi connectivity index (χ1) is 9.61. The number of amides is 1. The van der Waals surface area contributed by atoms with Crippen LogP contribution < -0.4 is 10.6 Å². The highest BCUT2D eigenvalue weighted by Crippen LogP contribution is 2.29. The van der Waals surface area contributed by atoms with Crippen molar-refractivity contribution in [3.05, 3.63) is 29.3 Å². The highest BCUT2D eigenvalue weighted by atomic mass is 16.1. The summed E-state index contributed by atoms with van der Waals surface area (Å²) in [6.07, 6.45) is 4.85. The second kappa shape index (κ2) is 6.78. The molecule has 0 aliphatic heterocycles. The molecular formula is C17H26N2O. The van der Waals surface area contributed by atoms with Gasteiger partial charge in [-0.1, -0.05) is 25.0 Å². The zero-order valence-electron chi connectivity index (χ0n) is 12.8. The summed E-state index contributed by atoms with van der Waals surface area (Å²) in [6, 6.07) is 6.30. The maximum absolute atomic E-state index is 12.5. The van der Waals surface area contributed by atoms with E-state index in [2.05, 4.69) is 24.5 Å². The van der Waals surface area contributed by atoms with E-state index in [1.165, 1.54) is 19.3 Å². The van der Waals surface area contributed by atoms with E-state index in [-0.39, 0.29) is 11.9 Å². The molecule has 0 heterocycles. The largest absolute Gasteiger partial charge is 0.384 e. The summed E-state index contributed by atoms with van der Waals surface area (Å²) < 4.78 is 0. The summed E-state index contributed by atoms with van der Waals surface area (Å²) in [5.74, 6) is 0.711. The Hall–Kier alpha value is -1.51. The molecule has 20 heavy (non-hydrogen) atoms. The molecule has 1 saturated carbocycles. The molecule has 1 unspecified atom stereocenters. The van der Waals surface area contributed by atoms with Crippen LogP contribution in [0.1, 0.15) is 55.5 Å². The molecule has 0 bridgehead atoms. The topological polar surface area (TPSA) is 41.1 Å². The SMILES string of the molecule is CCCNc1ccc(C)cc1C(=O)NC(C)C1CCC1. The van der Waals surface area contributed by atoms with Crippen LogP contribution in [0.15, 0.2) is 18.2 Å². The molecule has 2 N–H and O–H groups in total. The van der Waals surface area contributed by atoms with Crippen molar-refractivity contribution in [2.24, 2.45) is 5.92 Å². The van der Waals surface area contributed by atoms with Gasteiger partial charge in [0, 0.05) is 18.3 Å². The molecule has 110 valence electrons. The molecule has 0 radical (unpaired) electrons. The summed E-state index contributed by atoms with van der Waals surface area (Å²) in [4.78, 5) is 12.5. The quantitative estimate of drug-likeness (QED) is 0.829. The number of anilines is 1. The van der Waals surface area contributed by atoms with Gasteiger partial charge in [-0.05, 0) is 51.2 Å². The summed E-state index contributed by atoms with van der Waals surface area (Å²) >= 11 is 0. The van der Waals surface area contributed by atoms with Crippen molar-refractivity contribution in [1.82, 2.24) is 5.32 Å². The Morgan fingerprint density at radius 1 is 1.40 bits per heavy atom. The van der Waals surface area contributed by atoms with E-state index in [1.807, 2.05) is 25.1 Å². The van der Waals surface area contributed by atoms with Crippen LogP contribution in [-0.2, 0) is 0 Å². The molecular weight excluding hydrogens is 248 g/mol. The normalized spacial score (nSPS) is 16.4. The minimum absolute atomic E-state index is 0.0479. The molecule has 1 aromatic rings. The lowest BCUT2D eigenvalue weighted by Crippen LogP contribution is -2.40. The lowest BCUT2D eigenvalue weighted by Gasteiger charge is -2.32. The molecule has 2 rings (SSSR count). The monoisotopic (exact) mass is 274 g/mol. The first-order valence-electron chi connectivity index (χ1n) is 7.77. The standard InChI is InChI=1S/C17H26N2O/c1-4-10-18-16-9-8-12(2)11-15(16)17(20)19-13(3)14-6-5-7-14/h8-9,11,13-14,18H,4-7,10H2,1-3H3,(H,19,20). The van der Waals surface area contributed by atoms with Crippen LogP contribution in [0.3, 0.4) is 0 Å². The average molecular weight is 274 g/mol. The lowest BCUT2D eigenvalue weighted by atomic mass is 9.80. The van der Waals surface area contributed by atoms with E-state index in [0.717, 1.165) is 29.8 Å². The van der Waals surface area contributed by atoms with Crippen molar-refractivity contribution >= 4 is 11.6 Å². The Balaban J connectivity index is 2.08. The fourth-order valence-electron chi connectivity index (χ4n) is 2.60. The zero-order chi connectivity index (χ0) is 14.5. The minimum atomic E-state index is 0.0479. The number of rotatable bonds is 6. The van der Waals surface area contributed by atoms with Crippen LogP contribution >= 0.6 is 0 Å². The van der Waals surface area contributed by atoms with Gasteiger partial charge in [0.25, 0.3) is 5.91 Å². The fourth-order valence-corrected chi connectivity index (χ4v) is 2.60. The molecule has 0 saturated heterocycles. The molecule has 1 atom stereocenters. The summed E-state index contributed by atoms with van der Waals surface area (Å²) in [5.41, 5.74) is 2.83. The molecule has 3 nitrogen and oxygen atoms in total. The van der Waals surface area contributed by atoms with E-state index < -0.39 is 0 Å². The third-order valence-electron chi connectivity index (χ3n) is 4.20. The van der Waals surface area contributed by atoms with Gasteiger partial charge in [-0.3, -0.25) is 4.79 Å². The Kier molecular flexibility index (Phi) is 5.05. The molecule has 1 aliphatic carbocycles. The second-order valence-corrected chi connectivity index (χ2v) is 5.93. The smallest absolute Gasteiger partial charge is 0.253 e. The number of benzene rings is 1. The van der Waals surface area contributed by atoms with Crippen LogP contribution in [0.2, 0.25) is 0 Å². The summed E-state index contributed by atoms with van der Waals surface area (Å²) in [7, 11) is 0. The van der Waals surface area contributed by atoms with E-state index in [0.29, 0.717) is 5.92 Å². The Bertz CT molecular complexity index is 466. The van der Waals surface area contributed by atoms with Crippen LogP contribution in [-0.4, -0.2) is 18.5 Å². The van der Waals surface area contributed by atoms with Crippen LogP contribution in [0.25, 0.3) is 0 Å². The predicted molar refractivity (Wildman–Crippen MR) is 84.2 cm³/mol. The predicted octanol–water partition coefficient (Wildman–Crippen LogP) is 3.74. The Morgan fingerprint density at radius 2 is 2.15 bits per heavy atom. The number of hydrogen-bond donors (Lipinski definition) is 2. The molecule has 1 aliphatic rings. The van der Waals surface area contributed by atoms with Crippen molar-refractivity contribution in [2.75, 3.05) is 11.9 Å². The maximum Gasteiger partial charge on any atom is 0.253 e. The molecule has 0 spiro atoms. The third kappa shape index (κ3) is 3.53. The van der Waals surface area contributed by atoms with Gasteiger partial charge in [-0.2, -0.15) is 0 Å². The van der Waals surface area contributed by atoms with Gasteiger partial charge in [0.2, 0.25) is 0 Å². The van der Waals surface area contributed by atoms with E-state index in [4.69, 9.17) is 0 Å². The molecule has 3 heteroatoms. The van der Waals surface area contributed by atoms with Crippen LogP contribution in [0, 0.1) is 12.8 Å². The zero-order valence-corrected chi connectivity index (χ0v) is 12.8. The number of hydrogen-bond acceptors (Lipinski definition) is 2. The highest BCUT2D eigenvalue weighted by molar-refractivity contribution is 6.00. The van der Waals surface area contributed by atoms with Gasteiger partial charge in [0.05, 0.1) is 5.56 Å². The first kappa shape index (κ1) is 14.9. The molecule has 1 amide bonds. The van der Waals surface area contributed by atoms with E-state index >= 15 is 0 Å². The molecule has 1 fully saturated rings. The van der Waals surface area contributed by atoms with Gasteiger partial charge in [0.15, 0.2) is 0 Å².